The molecule has 0 atom stereocenters. The van der Waals surface area contributed by atoms with Crippen molar-refractivity contribution in [2.24, 2.45) is 0 Å². The molecule has 0 saturated heterocycles. The highest BCUT2D eigenvalue weighted by molar-refractivity contribution is 7.98. The van der Waals surface area contributed by atoms with Gasteiger partial charge in [0.1, 0.15) is 0 Å². The van der Waals surface area contributed by atoms with Crippen molar-refractivity contribution in [1.29, 1.82) is 0 Å². The van der Waals surface area contributed by atoms with Crippen LogP contribution in [0.1, 0.15) is 12.0 Å². The van der Waals surface area contributed by atoms with Gasteiger partial charge in [-0.15, -0.1) is 0 Å². The van der Waals surface area contributed by atoms with Crippen molar-refractivity contribution >= 4 is 40.6 Å². The highest BCUT2D eigenvalue weighted by atomic mass is 35.5. The van der Waals surface area contributed by atoms with Gasteiger partial charge >= 0.3 is 0 Å². The van der Waals surface area contributed by atoms with Crippen molar-refractivity contribution in [1.82, 2.24) is 0 Å². The molecule has 0 aliphatic carbocycles. The van der Waals surface area contributed by atoms with Crippen molar-refractivity contribution in [2.45, 2.75) is 12.8 Å². The summed E-state index contributed by atoms with van der Waals surface area (Å²) in [5.41, 5.74) is 2.78. The average Bonchev–Trinajstić information content (AvgIpc) is 2.63. The number of carbonyl (C=O) groups excluding carboxylic acids is 1. The van der Waals surface area contributed by atoms with E-state index in [1.54, 1.807) is 0 Å². The summed E-state index contributed by atoms with van der Waals surface area (Å²) >= 11 is 7.98. The van der Waals surface area contributed by atoms with Crippen LogP contribution in [-0.4, -0.2) is 24.5 Å². The minimum Gasteiger partial charge on any atom is -0.384 e. The molecule has 0 aromatic heterocycles. The van der Waals surface area contributed by atoms with Crippen molar-refractivity contribution in [3.63, 3.8) is 0 Å². The van der Waals surface area contributed by atoms with Crippen LogP contribution in [-0.2, 0) is 11.2 Å². The minimum absolute atomic E-state index is 0.0376. The summed E-state index contributed by atoms with van der Waals surface area (Å²) in [5, 5.41) is 6.76. The maximum atomic E-state index is 11.2. The summed E-state index contributed by atoms with van der Waals surface area (Å²) in [6.07, 6.45) is 3.65. The highest BCUT2D eigenvalue weighted by Crippen LogP contribution is 2.32. The monoisotopic (exact) mass is 270 g/mol. The van der Waals surface area contributed by atoms with E-state index in [4.69, 9.17) is 11.6 Å². The molecule has 0 radical (unpaired) electrons. The zero-order valence-corrected chi connectivity index (χ0v) is 11.3. The Morgan fingerprint density at radius 1 is 1.53 bits per heavy atom. The first-order valence-electron chi connectivity index (χ1n) is 5.56. The van der Waals surface area contributed by atoms with Crippen LogP contribution < -0.4 is 10.6 Å². The largest absolute Gasteiger partial charge is 0.384 e. The Bertz CT molecular complexity index is 437. The number of carbonyl (C=O) groups is 1. The lowest BCUT2D eigenvalue weighted by atomic mass is 10.1. The summed E-state index contributed by atoms with van der Waals surface area (Å²) in [6, 6.07) is 3.79. The van der Waals surface area contributed by atoms with Crippen molar-refractivity contribution < 1.29 is 4.79 Å². The number of hydrogen-bond acceptors (Lipinski definition) is 3. The Morgan fingerprint density at radius 3 is 3.12 bits per heavy atom. The number of benzene rings is 1. The quantitative estimate of drug-likeness (QED) is 0.808. The normalized spacial score (nSPS) is 13.4. The average molecular weight is 271 g/mol. The molecule has 1 aromatic carbocycles. The fourth-order valence-electron chi connectivity index (χ4n) is 1.82. The lowest BCUT2D eigenvalue weighted by Gasteiger charge is -2.10. The minimum atomic E-state index is 0.0376. The Labute approximate surface area is 110 Å². The first-order valence-corrected chi connectivity index (χ1v) is 7.33. The number of fused-ring (bicyclic) bond motifs is 1. The summed E-state index contributed by atoms with van der Waals surface area (Å²) in [4.78, 5) is 11.2. The van der Waals surface area contributed by atoms with E-state index in [-0.39, 0.29) is 5.91 Å². The molecule has 0 bridgehead atoms. The van der Waals surface area contributed by atoms with Gasteiger partial charge in [0, 0.05) is 12.2 Å². The van der Waals surface area contributed by atoms with Gasteiger partial charge < -0.3 is 10.6 Å². The Balaban J connectivity index is 2.03. The fraction of sp³-hybridized carbons (Fsp3) is 0.417. The molecule has 5 heteroatoms. The third kappa shape index (κ3) is 3.07. The van der Waals surface area contributed by atoms with Crippen molar-refractivity contribution in [3.8, 4) is 0 Å². The van der Waals surface area contributed by atoms with E-state index >= 15 is 0 Å². The van der Waals surface area contributed by atoms with Gasteiger partial charge in [0.05, 0.1) is 17.1 Å². The maximum Gasteiger partial charge on any atom is 0.228 e. The predicted molar refractivity (Wildman–Crippen MR) is 75.3 cm³/mol. The summed E-state index contributed by atoms with van der Waals surface area (Å²) < 4.78 is 0. The van der Waals surface area contributed by atoms with Crippen LogP contribution in [0.4, 0.5) is 11.4 Å². The second-order valence-corrected chi connectivity index (χ2v) is 5.38. The van der Waals surface area contributed by atoms with Gasteiger partial charge in [-0.05, 0) is 36.1 Å². The third-order valence-electron chi connectivity index (χ3n) is 2.66. The molecule has 0 saturated carbocycles. The number of thioether (sulfide) groups is 1. The highest BCUT2D eigenvalue weighted by Gasteiger charge is 2.19. The molecule has 0 unspecified atom stereocenters. The standard InChI is InChI=1S/C12H15ClN2OS/c1-17-4-2-3-14-11-5-8-6-12(16)15-10(8)7-9(11)13/h5,7,14H,2-4,6H2,1H3,(H,15,16). The van der Waals surface area contributed by atoms with E-state index in [0.717, 1.165) is 35.7 Å². The zero-order chi connectivity index (χ0) is 12.3. The molecule has 3 nitrogen and oxygen atoms in total. The number of nitrogens with one attached hydrogen (secondary N) is 2. The number of hydrogen-bond donors (Lipinski definition) is 2. The van der Waals surface area contributed by atoms with E-state index in [1.807, 2.05) is 23.9 Å². The lowest BCUT2D eigenvalue weighted by molar-refractivity contribution is -0.115. The van der Waals surface area contributed by atoms with Gasteiger partial charge in [-0.3, -0.25) is 4.79 Å². The van der Waals surface area contributed by atoms with Crippen LogP contribution in [0, 0.1) is 0 Å². The van der Waals surface area contributed by atoms with Gasteiger partial charge in [-0.1, -0.05) is 11.6 Å². The summed E-state index contributed by atoms with van der Waals surface area (Å²) in [5.74, 6) is 1.17. The van der Waals surface area contributed by atoms with Gasteiger partial charge in [0.15, 0.2) is 0 Å². The number of rotatable bonds is 5. The molecule has 0 spiro atoms. The zero-order valence-electron chi connectivity index (χ0n) is 9.68. The second-order valence-electron chi connectivity index (χ2n) is 3.99. The van der Waals surface area contributed by atoms with E-state index in [9.17, 15) is 4.79 Å². The predicted octanol–water partition coefficient (Wildman–Crippen LogP) is 3.00. The van der Waals surface area contributed by atoms with Crippen molar-refractivity contribution in [3.05, 3.63) is 22.7 Å². The smallest absolute Gasteiger partial charge is 0.228 e. The van der Waals surface area contributed by atoms with Crippen LogP contribution in [0.15, 0.2) is 12.1 Å². The molecule has 1 aliphatic rings. The van der Waals surface area contributed by atoms with E-state index in [2.05, 4.69) is 16.9 Å². The Kier molecular flexibility index (Phi) is 4.18. The molecule has 1 aliphatic heterocycles. The molecule has 1 heterocycles. The molecule has 17 heavy (non-hydrogen) atoms. The van der Waals surface area contributed by atoms with Gasteiger partial charge in [-0.25, -0.2) is 0 Å². The summed E-state index contributed by atoms with van der Waals surface area (Å²) in [7, 11) is 0. The van der Waals surface area contributed by atoms with Crippen LogP contribution in [0.2, 0.25) is 5.02 Å². The molecule has 0 fully saturated rings. The second kappa shape index (κ2) is 5.65. The van der Waals surface area contributed by atoms with Gasteiger partial charge in [0.2, 0.25) is 5.91 Å². The topological polar surface area (TPSA) is 41.1 Å². The fourth-order valence-corrected chi connectivity index (χ4v) is 2.49. The Hall–Kier alpha value is -0.870. The van der Waals surface area contributed by atoms with E-state index in [1.165, 1.54) is 0 Å². The van der Waals surface area contributed by atoms with Crippen LogP contribution in [0.5, 0.6) is 0 Å². The molecule has 2 N–H and O–H groups in total. The Morgan fingerprint density at radius 2 is 2.35 bits per heavy atom. The SMILES string of the molecule is CSCCCNc1cc2c(cc1Cl)NC(=O)C2. The first kappa shape index (κ1) is 12.6. The lowest BCUT2D eigenvalue weighted by Crippen LogP contribution is -2.03. The van der Waals surface area contributed by atoms with Crippen molar-refractivity contribution in [2.75, 3.05) is 29.2 Å². The molecule has 92 valence electrons. The summed E-state index contributed by atoms with van der Waals surface area (Å²) in [6.45, 7) is 0.903. The molecular weight excluding hydrogens is 256 g/mol. The van der Waals surface area contributed by atoms with Crippen LogP contribution in [0.3, 0.4) is 0 Å². The number of amides is 1. The maximum absolute atomic E-state index is 11.2. The number of anilines is 2. The number of halogens is 1. The molecule has 2 rings (SSSR count). The first-order chi connectivity index (χ1) is 8.20. The molecule has 1 amide bonds. The van der Waals surface area contributed by atoms with Gasteiger partial charge in [-0.2, -0.15) is 11.8 Å². The van der Waals surface area contributed by atoms with Crippen LogP contribution in [0.25, 0.3) is 0 Å². The molecule has 1 aromatic rings. The van der Waals surface area contributed by atoms with E-state index in [0.29, 0.717) is 11.4 Å². The van der Waals surface area contributed by atoms with Crippen LogP contribution >= 0.6 is 23.4 Å². The molecular formula is C12H15ClN2OS. The van der Waals surface area contributed by atoms with E-state index < -0.39 is 0 Å². The van der Waals surface area contributed by atoms with Gasteiger partial charge in [0.25, 0.3) is 0 Å². The third-order valence-corrected chi connectivity index (χ3v) is 3.67.